The number of benzene rings is 1. The molecule has 1 aromatic carbocycles. The van der Waals surface area contributed by atoms with Gasteiger partial charge in [-0.2, -0.15) is 0 Å². The highest BCUT2D eigenvalue weighted by molar-refractivity contribution is 5.89. The first-order valence-electron chi connectivity index (χ1n) is 9.04. The number of nitrogens with zero attached hydrogens (tertiary/aromatic N) is 1. The maximum atomic E-state index is 12.3. The number of likely N-dealkylation sites (tertiary alicyclic amines) is 1. The molecule has 2 amide bonds. The molecule has 3 heterocycles. The molecule has 3 saturated heterocycles. The van der Waals surface area contributed by atoms with Crippen molar-refractivity contribution >= 4 is 11.7 Å². The van der Waals surface area contributed by atoms with Crippen LogP contribution in [0.15, 0.2) is 30.3 Å². The molecule has 4 rings (SSSR count). The Bertz CT molecular complexity index is 593. The third-order valence-electron chi connectivity index (χ3n) is 5.27. The Hall–Kier alpha value is -1.67. The number of carbonyl (C=O) groups is 1. The quantitative estimate of drug-likeness (QED) is 0.764. The minimum Gasteiger partial charge on any atom is -0.389 e. The lowest BCUT2D eigenvalue weighted by Gasteiger charge is -2.45. The SMILES string of the molecule is O=C(Nc1ccccc1)N[C@@H]1[C@H](O)[C@@H](N2CCCCC2)[C@@H]2OC[C@@H]1O2. The van der Waals surface area contributed by atoms with Crippen LogP contribution in [0.3, 0.4) is 0 Å². The summed E-state index contributed by atoms with van der Waals surface area (Å²) in [6, 6.07) is 8.17. The molecular weight excluding hydrogens is 322 g/mol. The third kappa shape index (κ3) is 3.50. The molecular formula is C18H25N3O4. The lowest BCUT2D eigenvalue weighted by molar-refractivity contribution is -0.183. The van der Waals surface area contributed by atoms with Gasteiger partial charge < -0.3 is 25.2 Å². The molecule has 0 unspecified atom stereocenters. The molecule has 7 heteroatoms. The number of aliphatic hydroxyl groups is 1. The van der Waals surface area contributed by atoms with Crippen molar-refractivity contribution in [3.63, 3.8) is 0 Å². The van der Waals surface area contributed by atoms with E-state index in [4.69, 9.17) is 9.47 Å². The summed E-state index contributed by atoms with van der Waals surface area (Å²) in [4.78, 5) is 14.6. The zero-order chi connectivity index (χ0) is 17.2. The molecule has 0 saturated carbocycles. The molecule has 136 valence electrons. The van der Waals surface area contributed by atoms with Gasteiger partial charge in [0.1, 0.15) is 6.10 Å². The number of anilines is 1. The third-order valence-corrected chi connectivity index (χ3v) is 5.27. The van der Waals surface area contributed by atoms with Crippen LogP contribution in [0.4, 0.5) is 10.5 Å². The van der Waals surface area contributed by atoms with Crippen molar-refractivity contribution in [1.29, 1.82) is 0 Å². The molecule has 0 aromatic heterocycles. The Morgan fingerprint density at radius 1 is 1.16 bits per heavy atom. The normalized spacial score (nSPS) is 35.3. The van der Waals surface area contributed by atoms with Gasteiger partial charge in [0, 0.05) is 5.69 Å². The van der Waals surface area contributed by atoms with E-state index in [1.165, 1.54) is 6.42 Å². The summed E-state index contributed by atoms with van der Waals surface area (Å²) in [5.74, 6) is 0. The summed E-state index contributed by atoms with van der Waals surface area (Å²) in [5, 5.41) is 16.6. The Balaban J connectivity index is 1.44. The number of hydrogen-bond donors (Lipinski definition) is 3. The summed E-state index contributed by atoms with van der Waals surface area (Å²) < 4.78 is 11.7. The van der Waals surface area contributed by atoms with Crippen molar-refractivity contribution in [2.45, 2.75) is 49.8 Å². The van der Waals surface area contributed by atoms with E-state index in [9.17, 15) is 9.90 Å². The van der Waals surface area contributed by atoms with E-state index in [-0.39, 0.29) is 18.2 Å². The summed E-state index contributed by atoms with van der Waals surface area (Å²) in [5.41, 5.74) is 0.708. The summed E-state index contributed by atoms with van der Waals surface area (Å²) in [6.07, 6.45) is 2.01. The number of amides is 2. The van der Waals surface area contributed by atoms with Crippen molar-refractivity contribution in [1.82, 2.24) is 10.2 Å². The van der Waals surface area contributed by atoms with Crippen molar-refractivity contribution in [2.75, 3.05) is 25.0 Å². The van der Waals surface area contributed by atoms with E-state index in [0.717, 1.165) is 25.9 Å². The van der Waals surface area contributed by atoms with E-state index in [1.807, 2.05) is 30.3 Å². The van der Waals surface area contributed by atoms with Crippen LogP contribution in [0.1, 0.15) is 19.3 Å². The summed E-state index contributed by atoms with van der Waals surface area (Å²) >= 11 is 0. The Labute approximate surface area is 147 Å². The van der Waals surface area contributed by atoms with Crippen molar-refractivity contribution < 1.29 is 19.4 Å². The van der Waals surface area contributed by atoms with E-state index in [0.29, 0.717) is 12.3 Å². The van der Waals surface area contributed by atoms with Gasteiger partial charge in [0.25, 0.3) is 0 Å². The maximum Gasteiger partial charge on any atom is 0.319 e. The van der Waals surface area contributed by atoms with Gasteiger partial charge in [-0.15, -0.1) is 0 Å². The molecule has 0 spiro atoms. The van der Waals surface area contributed by atoms with E-state index < -0.39 is 18.4 Å². The van der Waals surface area contributed by atoms with Crippen LogP contribution < -0.4 is 10.6 Å². The van der Waals surface area contributed by atoms with Crippen LogP contribution >= 0.6 is 0 Å². The van der Waals surface area contributed by atoms with Gasteiger partial charge >= 0.3 is 6.03 Å². The second-order valence-corrected chi connectivity index (χ2v) is 6.94. The maximum absolute atomic E-state index is 12.3. The van der Waals surface area contributed by atoms with Crippen LogP contribution in [0.5, 0.6) is 0 Å². The highest BCUT2D eigenvalue weighted by Gasteiger charge is 2.52. The highest BCUT2D eigenvalue weighted by atomic mass is 16.7. The van der Waals surface area contributed by atoms with Gasteiger partial charge in [-0.05, 0) is 38.1 Å². The molecule has 3 fully saturated rings. The number of nitrogens with one attached hydrogen (secondary N) is 2. The fourth-order valence-electron chi connectivity index (χ4n) is 4.02. The van der Waals surface area contributed by atoms with Gasteiger partial charge in [-0.25, -0.2) is 4.79 Å². The molecule has 25 heavy (non-hydrogen) atoms. The zero-order valence-corrected chi connectivity index (χ0v) is 14.1. The fourth-order valence-corrected chi connectivity index (χ4v) is 4.02. The van der Waals surface area contributed by atoms with Gasteiger partial charge in [-0.3, -0.25) is 4.90 Å². The number of urea groups is 1. The molecule has 3 aliphatic heterocycles. The van der Waals surface area contributed by atoms with Gasteiger partial charge in [-0.1, -0.05) is 24.6 Å². The monoisotopic (exact) mass is 347 g/mol. The second kappa shape index (κ2) is 7.29. The molecule has 1 aromatic rings. The topological polar surface area (TPSA) is 83.1 Å². The van der Waals surface area contributed by atoms with E-state index >= 15 is 0 Å². The summed E-state index contributed by atoms with van der Waals surface area (Å²) in [7, 11) is 0. The minimum atomic E-state index is -0.717. The number of aliphatic hydroxyl groups excluding tert-OH is 1. The molecule has 7 nitrogen and oxygen atoms in total. The predicted octanol–water partition coefficient (Wildman–Crippen LogP) is 1.15. The number of rotatable bonds is 3. The van der Waals surface area contributed by atoms with Crippen LogP contribution in [-0.4, -0.2) is 66.3 Å². The molecule has 3 aliphatic rings. The average molecular weight is 347 g/mol. The van der Waals surface area contributed by atoms with E-state index in [1.54, 1.807) is 0 Å². The van der Waals surface area contributed by atoms with Crippen LogP contribution in [0.2, 0.25) is 0 Å². The molecule has 3 N–H and O–H groups in total. The molecule has 2 bridgehead atoms. The number of hydrogen-bond acceptors (Lipinski definition) is 5. The average Bonchev–Trinajstić information content (AvgIpc) is 3.06. The number of ether oxygens (including phenoxy) is 2. The first-order valence-corrected chi connectivity index (χ1v) is 9.04. The molecule has 0 radical (unpaired) electrons. The van der Waals surface area contributed by atoms with Gasteiger partial charge in [0.2, 0.25) is 0 Å². The Kier molecular flexibility index (Phi) is 4.89. The van der Waals surface area contributed by atoms with Crippen LogP contribution in [-0.2, 0) is 9.47 Å². The largest absolute Gasteiger partial charge is 0.389 e. The smallest absolute Gasteiger partial charge is 0.319 e. The van der Waals surface area contributed by atoms with Gasteiger partial charge in [0.05, 0.1) is 24.8 Å². The van der Waals surface area contributed by atoms with Crippen LogP contribution in [0.25, 0.3) is 0 Å². The fraction of sp³-hybridized carbons (Fsp3) is 0.611. The zero-order valence-electron chi connectivity index (χ0n) is 14.1. The lowest BCUT2D eigenvalue weighted by Crippen LogP contribution is -2.66. The van der Waals surface area contributed by atoms with Gasteiger partial charge in [0.15, 0.2) is 6.29 Å². The summed E-state index contributed by atoms with van der Waals surface area (Å²) in [6.45, 7) is 2.25. The second-order valence-electron chi connectivity index (χ2n) is 6.94. The first kappa shape index (κ1) is 16.8. The van der Waals surface area contributed by atoms with Crippen molar-refractivity contribution in [3.05, 3.63) is 30.3 Å². The first-order chi connectivity index (χ1) is 12.2. The van der Waals surface area contributed by atoms with Crippen molar-refractivity contribution in [3.8, 4) is 0 Å². The number of piperidine rings is 1. The standard InChI is InChI=1S/C18H25N3O4/c22-16-14(20-18(23)19-12-7-3-1-4-8-12)13-11-24-17(25-13)15(16)21-9-5-2-6-10-21/h1,3-4,7-8,13-17,22H,2,5-6,9-11H2,(H2,19,20,23)/t13-,14-,15+,16-,17+/m0/s1. The number of para-hydroxylation sites is 1. The molecule has 0 aliphatic carbocycles. The Morgan fingerprint density at radius 3 is 2.68 bits per heavy atom. The number of fused-ring (bicyclic) bond motifs is 2. The Morgan fingerprint density at radius 2 is 1.92 bits per heavy atom. The minimum absolute atomic E-state index is 0.235. The highest BCUT2D eigenvalue weighted by Crippen LogP contribution is 2.32. The van der Waals surface area contributed by atoms with Crippen LogP contribution in [0, 0.1) is 0 Å². The predicted molar refractivity (Wildman–Crippen MR) is 92.2 cm³/mol. The lowest BCUT2D eigenvalue weighted by atomic mass is 9.93. The van der Waals surface area contributed by atoms with E-state index in [2.05, 4.69) is 15.5 Å². The molecule has 5 atom stereocenters. The number of carbonyl (C=O) groups excluding carboxylic acids is 1. The van der Waals surface area contributed by atoms with Crippen molar-refractivity contribution in [2.24, 2.45) is 0 Å².